The molecular weight excluding hydrogens is 411 g/mol. The fourth-order valence-corrected chi connectivity index (χ4v) is 3.56. The molecule has 0 spiro atoms. The van der Waals surface area contributed by atoms with E-state index >= 15 is 0 Å². The summed E-state index contributed by atoms with van der Waals surface area (Å²) in [6.07, 6.45) is 0. The number of ether oxygens (including phenoxy) is 1. The third-order valence-corrected chi connectivity index (χ3v) is 4.93. The van der Waals surface area contributed by atoms with Crippen molar-refractivity contribution in [3.8, 4) is 11.5 Å². The van der Waals surface area contributed by atoms with Gasteiger partial charge in [-0.25, -0.2) is 9.59 Å². The van der Waals surface area contributed by atoms with Crippen LogP contribution in [0, 0.1) is 0 Å². The number of carboxylic acid groups (broad SMARTS) is 2. The first kappa shape index (κ1) is 19.8. The monoisotopic (exact) mass is 420 g/mol. The highest BCUT2D eigenvalue weighted by Crippen LogP contribution is 2.37. The van der Waals surface area contributed by atoms with Crippen LogP contribution in [0.25, 0.3) is 0 Å². The molecule has 0 aliphatic carbocycles. The highest BCUT2D eigenvalue weighted by atomic mass is 35.5. The average molecular weight is 421 g/mol. The lowest BCUT2D eigenvalue weighted by Gasteiger charge is -2.11. The number of hydrogen-bond acceptors (Lipinski definition) is 6. The van der Waals surface area contributed by atoms with Gasteiger partial charge in [0.05, 0.1) is 28.3 Å². The average Bonchev–Trinajstić information content (AvgIpc) is 2.53. The van der Waals surface area contributed by atoms with Crippen LogP contribution in [-0.2, 0) is 10.1 Å². The van der Waals surface area contributed by atoms with Crippen LogP contribution >= 0.6 is 23.2 Å². The molecule has 2 aromatic carbocycles. The first-order valence-electron chi connectivity index (χ1n) is 6.65. The second-order valence-corrected chi connectivity index (χ2v) is 7.14. The van der Waals surface area contributed by atoms with Gasteiger partial charge in [-0.1, -0.05) is 23.2 Å². The highest BCUT2D eigenvalue weighted by molar-refractivity contribution is 7.87. The van der Waals surface area contributed by atoms with Gasteiger partial charge in [0.25, 0.3) is 0 Å². The van der Waals surface area contributed by atoms with Crippen molar-refractivity contribution in [1.82, 2.24) is 0 Å². The van der Waals surface area contributed by atoms with E-state index in [1.807, 2.05) is 0 Å². The summed E-state index contributed by atoms with van der Waals surface area (Å²) in [5, 5.41) is 18.0. The Balaban J connectivity index is 2.47. The number of halogens is 2. The van der Waals surface area contributed by atoms with Crippen molar-refractivity contribution < 1.29 is 37.1 Å². The first-order valence-corrected chi connectivity index (χ1v) is 8.81. The largest absolute Gasteiger partial charge is 0.494 e. The minimum atomic E-state index is -4.48. The molecular formula is C15H10Cl2O8S. The van der Waals surface area contributed by atoms with Gasteiger partial charge in [-0.2, -0.15) is 8.42 Å². The van der Waals surface area contributed by atoms with E-state index < -0.39 is 38.1 Å². The fourth-order valence-electron chi connectivity index (χ4n) is 2.00. The molecule has 0 radical (unpaired) electrons. The van der Waals surface area contributed by atoms with Gasteiger partial charge in [0.2, 0.25) is 0 Å². The third-order valence-electron chi connectivity index (χ3n) is 3.12. The lowest BCUT2D eigenvalue weighted by atomic mass is 10.1. The van der Waals surface area contributed by atoms with Crippen molar-refractivity contribution in [2.75, 3.05) is 7.11 Å². The summed E-state index contributed by atoms with van der Waals surface area (Å²) >= 11 is 11.8. The number of benzene rings is 2. The molecule has 0 bridgehead atoms. The van der Waals surface area contributed by atoms with Crippen LogP contribution in [0.15, 0.2) is 35.2 Å². The molecule has 0 aliphatic rings. The molecule has 2 N–H and O–H groups in total. The standard InChI is InChI=1S/C15H10Cl2O8S/c1-24-13-11(16)4-7(5-12(13)17)25-26(22,23)8-2-3-9(14(18)19)10(6-8)15(20)21/h2-6H,1H3,(H,18,19)(H,20,21). The Morgan fingerprint density at radius 1 is 0.962 bits per heavy atom. The van der Waals surface area contributed by atoms with Gasteiger partial charge in [0, 0.05) is 12.1 Å². The zero-order valence-electron chi connectivity index (χ0n) is 12.9. The molecule has 0 saturated carbocycles. The van der Waals surface area contributed by atoms with Gasteiger partial charge >= 0.3 is 22.1 Å². The predicted octanol–water partition coefficient (Wildman–Crippen LogP) is 3.17. The Morgan fingerprint density at radius 3 is 1.96 bits per heavy atom. The molecule has 2 rings (SSSR count). The number of carboxylic acids is 2. The fraction of sp³-hybridized carbons (Fsp3) is 0.0667. The Labute approximate surface area is 157 Å². The summed E-state index contributed by atoms with van der Waals surface area (Å²) in [5.41, 5.74) is -1.26. The van der Waals surface area contributed by atoms with Gasteiger partial charge in [0.15, 0.2) is 5.75 Å². The number of carbonyl (C=O) groups is 2. The van der Waals surface area contributed by atoms with Crippen molar-refractivity contribution in [1.29, 1.82) is 0 Å². The third kappa shape index (κ3) is 4.01. The quantitative estimate of drug-likeness (QED) is 0.681. The maximum absolute atomic E-state index is 12.4. The Bertz CT molecular complexity index is 978. The molecule has 11 heteroatoms. The van der Waals surface area contributed by atoms with Gasteiger partial charge in [-0.3, -0.25) is 0 Å². The maximum atomic E-state index is 12.4. The molecule has 8 nitrogen and oxygen atoms in total. The van der Waals surface area contributed by atoms with Crippen LogP contribution in [0.3, 0.4) is 0 Å². The van der Waals surface area contributed by atoms with E-state index in [4.69, 9.17) is 42.3 Å². The van der Waals surface area contributed by atoms with Gasteiger partial charge in [0.1, 0.15) is 10.6 Å². The summed E-state index contributed by atoms with van der Waals surface area (Å²) in [5.74, 6) is -3.23. The number of hydrogen-bond donors (Lipinski definition) is 2. The first-order chi connectivity index (χ1) is 12.1. The summed E-state index contributed by atoms with van der Waals surface area (Å²) in [7, 11) is -3.16. The minimum Gasteiger partial charge on any atom is -0.494 e. The summed E-state index contributed by atoms with van der Waals surface area (Å²) < 4.78 is 34.5. The second-order valence-electron chi connectivity index (χ2n) is 4.78. The topological polar surface area (TPSA) is 127 Å². The van der Waals surface area contributed by atoms with Crippen LogP contribution in [0.5, 0.6) is 11.5 Å². The van der Waals surface area contributed by atoms with E-state index in [0.717, 1.165) is 24.3 Å². The Kier molecular flexibility index (Phi) is 5.65. The molecule has 0 unspecified atom stereocenters. The maximum Gasteiger partial charge on any atom is 0.339 e. The van der Waals surface area contributed by atoms with E-state index in [1.54, 1.807) is 0 Å². The molecule has 0 aromatic heterocycles. The van der Waals surface area contributed by atoms with Gasteiger partial charge < -0.3 is 19.1 Å². The molecule has 0 amide bonds. The summed E-state index contributed by atoms with van der Waals surface area (Å²) in [4.78, 5) is 21.7. The van der Waals surface area contributed by atoms with Gasteiger partial charge in [-0.15, -0.1) is 0 Å². The van der Waals surface area contributed by atoms with E-state index in [2.05, 4.69) is 0 Å². The lowest BCUT2D eigenvalue weighted by molar-refractivity contribution is 0.0651. The smallest absolute Gasteiger partial charge is 0.339 e. The number of rotatable bonds is 6. The normalized spacial score (nSPS) is 11.0. The van der Waals surface area contributed by atoms with E-state index in [0.29, 0.717) is 6.07 Å². The molecule has 2 aromatic rings. The zero-order chi connectivity index (χ0) is 19.6. The lowest BCUT2D eigenvalue weighted by Crippen LogP contribution is -2.14. The predicted molar refractivity (Wildman–Crippen MR) is 91.2 cm³/mol. The molecule has 0 atom stereocenters. The molecule has 0 heterocycles. The molecule has 138 valence electrons. The number of methoxy groups -OCH3 is 1. The molecule has 26 heavy (non-hydrogen) atoms. The molecule has 0 saturated heterocycles. The highest BCUT2D eigenvalue weighted by Gasteiger charge is 2.24. The van der Waals surface area contributed by atoms with Crippen LogP contribution in [0.4, 0.5) is 0 Å². The summed E-state index contributed by atoms with van der Waals surface area (Å²) in [6.45, 7) is 0. The van der Waals surface area contributed by atoms with Crippen molar-refractivity contribution in [2.24, 2.45) is 0 Å². The minimum absolute atomic E-state index is 0.00218. The van der Waals surface area contributed by atoms with Crippen LogP contribution < -0.4 is 8.92 Å². The van der Waals surface area contributed by atoms with E-state index in [1.165, 1.54) is 7.11 Å². The van der Waals surface area contributed by atoms with E-state index in [9.17, 15) is 18.0 Å². The van der Waals surface area contributed by atoms with Crippen molar-refractivity contribution in [2.45, 2.75) is 4.90 Å². The second kappa shape index (κ2) is 7.40. The van der Waals surface area contributed by atoms with Crippen LogP contribution in [0.2, 0.25) is 10.0 Å². The summed E-state index contributed by atoms with van der Waals surface area (Å²) in [6, 6.07) is 4.75. The zero-order valence-corrected chi connectivity index (χ0v) is 15.2. The van der Waals surface area contributed by atoms with Crippen molar-refractivity contribution in [3.05, 3.63) is 51.5 Å². The van der Waals surface area contributed by atoms with Crippen molar-refractivity contribution in [3.63, 3.8) is 0 Å². The van der Waals surface area contributed by atoms with Crippen molar-refractivity contribution >= 4 is 45.3 Å². The Hall–Kier alpha value is -2.49. The van der Waals surface area contributed by atoms with E-state index in [-0.39, 0.29) is 21.5 Å². The Morgan fingerprint density at radius 2 is 1.50 bits per heavy atom. The van der Waals surface area contributed by atoms with Crippen LogP contribution in [0.1, 0.15) is 20.7 Å². The molecule has 0 aliphatic heterocycles. The van der Waals surface area contributed by atoms with Crippen LogP contribution in [-0.4, -0.2) is 37.7 Å². The molecule has 0 fully saturated rings. The van der Waals surface area contributed by atoms with Gasteiger partial charge in [-0.05, 0) is 18.2 Å². The SMILES string of the molecule is COc1c(Cl)cc(OS(=O)(=O)c2ccc(C(=O)O)c(C(=O)O)c2)cc1Cl. The number of aromatic carboxylic acids is 2.